The largest absolute Gasteiger partial charge is 0.313 e. The smallest absolute Gasteiger partial charge is 0.0273 e. The summed E-state index contributed by atoms with van der Waals surface area (Å²) >= 11 is 0. The van der Waals surface area contributed by atoms with Crippen molar-refractivity contribution in [1.29, 1.82) is 0 Å². The number of rotatable bonds is 4. The van der Waals surface area contributed by atoms with Gasteiger partial charge in [0.2, 0.25) is 0 Å². The molecule has 1 fully saturated rings. The lowest BCUT2D eigenvalue weighted by Crippen LogP contribution is -2.30. The Morgan fingerprint density at radius 2 is 2.27 bits per heavy atom. The molecular formula is C10H19N. The van der Waals surface area contributed by atoms with Crippen molar-refractivity contribution in [2.45, 2.75) is 38.6 Å². The fraction of sp³-hybridized carbons (Fsp3) is 0.800. The lowest BCUT2D eigenvalue weighted by Gasteiger charge is -2.29. The molecule has 11 heavy (non-hydrogen) atoms. The van der Waals surface area contributed by atoms with Crippen molar-refractivity contribution in [3.8, 4) is 0 Å². The Hall–Kier alpha value is -0.300. The molecule has 0 aliphatic heterocycles. The monoisotopic (exact) mass is 153 g/mol. The molecule has 0 saturated heterocycles. The number of likely N-dealkylation sites (N-methyl/N-ethyl adjacent to an activating group) is 1. The maximum absolute atomic E-state index is 3.98. The first-order valence-corrected chi connectivity index (χ1v) is 4.56. The predicted molar refractivity (Wildman–Crippen MR) is 49.6 cm³/mol. The summed E-state index contributed by atoms with van der Waals surface area (Å²) < 4.78 is 0. The molecule has 1 saturated carbocycles. The highest BCUT2D eigenvalue weighted by Crippen LogP contribution is 2.31. The maximum atomic E-state index is 3.98. The van der Waals surface area contributed by atoms with Crippen LogP contribution in [-0.2, 0) is 0 Å². The van der Waals surface area contributed by atoms with Crippen LogP contribution in [0, 0.1) is 5.92 Å². The van der Waals surface area contributed by atoms with Crippen molar-refractivity contribution >= 4 is 0 Å². The predicted octanol–water partition coefficient (Wildman–Crippen LogP) is 2.34. The van der Waals surface area contributed by atoms with Gasteiger partial charge in [0.1, 0.15) is 0 Å². The summed E-state index contributed by atoms with van der Waals surface area (Å²) in [6.45, 7) is 6.09. The third-order valence-electron chi connectivity index (χ3n) is 2.74. The standard InChI is InChI=1S/C10H19N/c1-8(2)10(11-3)7-9-5-4-6-9/h9-11H,1,4-7H2,2-3H3. The molecule has 64 valence electrons. The molecule has 1 unspecified atom stereocenters. The van der Waals surface area contributed by atoms with E-state index < -0.39 is 0 Å². The Morgan fingerprint density at radius 1 is 1.64 bits per heavy atom. The first-order valence-electron chi connectivity index (χ1n) is 4.56. The molecule has 0 amide bonds. The summed E-state index contributed by atoms with van der Waals surface area (Å²) in [4.78, 5) is 0. The van der Waals surface area contributed by atoms with Crippen LogP contribution in [0.3, 0.4) is 0 Å². The maximum Gasteiger partial charge on any atom is 0.0273 e. The molecule has 0 aromatic rings. The molecule has 0 spiro atoms. The zero-order valence-corrected chi connectivity index (χ0v) is 7.69. The van der Waals surface area contributed by atoms with Crippen LogP contribution in [0.15, 0.2) is 12.2 Å². The number of hydrogen-bond donors (Lipinski definition) is 1. The van der Waals surface area contributed by atoms with Crippen molar-refractivity contribution in [2.24, 2.45) is 5.92 Å². The van der Waals surface area contributed by atoms with E-state index in [0.29, 0.717) is 6.04 Å². The van der Waals surface area contributed by atoms with E-state index in [9.17, 15) is 0 Å². The van der Waals surface area contributed by atoms with Crippen molar-refractivity contribution in [1.82, 2.24) is 5.32 Å². The molecular weight excluding hydrogens is 134 g/mol. The normalized spacial score (nSPS) is 20.9. The molecule has 1 rings (SSSR count). The van der Waals surface area contributed by atoms with Crippen LogP contribution in [0.4, 0.5) is 0 Å². The molecule has 1 aliphatic carbocycles. The number of nitrogens with one attached hydrogen (secondary N) is 1. The van der Waals surface area contributed by atoms with Crippen LogP contribution in [-0.4, -0.2) is 13.1 Å². The molecule has 1 nitrogen and oxygen atoms in total. The summed E-state index contributed by atoms with van der Waals surface area (Å²) in [7, 11) is 2.03. The van der Waals surface area contributed by atoms with Gasteiger partial charge in [-0.1, -0.05) is 31.4 Å². The zero-order valence-electron chi connectivity index (χ0n) is 7.69. The fourth-order valence-electron chi connectivity index (χ4n) is 1.63. The highest BCUT2D eigenvalue weighted by molar-refractivity contribution is 5.02. The molecule has 0 radical (unpaired) electrons. The van der Waals surface area contributed by atoms with Gasteiger partial charge in [0, 0.05) is 6.04 Å². The minimum absolute atomic E-state index is 0.556. The second kappa shape index (κ2) is 3.91. The molecule has 1 heteroatoms. The van der Waals surface area contributed by atoms with E-state index in [1.165, 1.54) is 31.3 Å². The van der Waals surface area contributed by atoms with E-state index in [4.69, 9.17) is 0 Å². The molecule has 1 N–H and O–H groups in total. The van der Waals surface area contributed by atoms with Crippen LogP contribution < -0.4 is 5.32 Å². The van der Waals surface area contributed by atoms with Crippen LogP contribution in [0.2, 0.25) is 0 Å². The molecule has 0 aromatic carbocycles. The highest BCUT2D eigenvalue weighted by Gasteiger charge is 2.21. The summed E-state index contributed by atoms with van der Waals surface area (Å²) in [5.74, 6) is 0.976. The average Bonchev–Trinajstić information content (AvgIpc) is 1.85. The van der Waals surface area contributed by atoms with E-state index in [2.05, 4.69) is 18.8 Å². The van der Waals surface area contributed by atoms with Gasteiger partial charge >= 0.3 is 0 Å². The Morgan fingerprint density at radius 3 is 2.55 bits per heavy atom. The summed E-state index contributed by atoms with van der Waals surface area (Å²) in [6.07, 6.45) is 5.61. The van der Waals surface area contributed by atoms with Gasteiger partial charge in [-0.15, -0.1) is 0 Å². The minimum Gasteiger partial charge on any atom is -0.313 e. The average molecular weight is 153 g/mol. The third kappa shape index (κ3) is 2.33. The van der Waals surface area contributed by atoms with Crippen LogP contribution >= 0.6 is 0 Å². The van der Waals surface area contributed by atoms with Gasteiger partial charge in [-0.25, -0.2) is 0 Å². The number of hydrogen-bond acceptors (Lipinski definition) is 1. The Balaban J connectivity index is 2.24. The Kier molecular flexibility index (Phi) is 3.13. The summed E-state index contributed by atoms with van der Waals surface area (Å²) in [6, 6.07) is 0.556. The first kappa shape index (κ1) is 8.79. The fourth-order valence-corrected chi connectivity index (χ4v) is 1.63. The van der Waals surface area contributed by atoms with E-state index >= 15 is 0 Å². The molecule has 1 aliphatic rings. The summed E-state index contributed by atoms with van der Waals surface area (Å²) in [5, 5.41) is 3.30. The second-order valence-corrected chi connectivity index (χ2v) is 3.72. The van der Waals surface area contributed by atoms with Crippen LogP contribution in [0.1, 0.15) is 32.6 Å². The van der Waals surface area contributed by atoms with Gasteiger partial charge in [0.15, 0.2) is 0 Å². The molecule has 0 bridgehead atoms. The Bertz CT molecular complexity index is 136. The van der Waals surface area contributed by atoms with Gasteiger partial charge in [-0.2, -0.15) is 0 Å². The molecule has 0 aromatic heterocycles. The SMILES string of the molecule is C=C(C)C(CC1CCC1)NC. The van der Waals surface area contributed by atoms with Crippen LogP contribution in [0.25, 0.3) is 0 Å². The Labute approximate surface area is 69.9 Å². The van der Waals surface area contributed by atoms with Crippen LogP contribution in [0.5, 0.6) is 0 Å². The van der Waals surface area contributed by atoms with Gasteiger partial charge in [0.05, 0.1) is 0 Å². The lowest BCUT2D eigenvalue weighted by molar-refractivity contribution is 0.275. The van der Waals surface area contributed by atoms with E-state index in [-0.39, 0.29) is 0 Å². The van der Waals surface area contributed by atoms with Gasteiger partial charge in [-0.3, -0.25) is 0 Å². The van der Waals surface area contributed by atoms with Gasteiger partial charge in [0.25, 0.3) is 0 Å². The third-order valence-corrected chi connectivity index (χ3v) is 2.74. The second-order valence-electron chi connectivity index (χ2n) is 3.72. The van der Waals surface area contributed by atoms with E-state index in [0.717, 1.165) is 5.92 Å². The van der Waals surface area contributed by atoms with E-state index in [1.807, 2.05) is 7.05 Å². The first-order chi connectivity index (χ1) is 5.24. The molecule has 0 heterocycles. The van der Waals surface area contributed by atoms with Crippen molar-refractivity contribution in [3.63, 3.8) is 0 Å². The van der Waals surface area contributed by atoms with Gasteiger partial charge in [-0.05, 0) is 26.3 Å². The lowest BCUT2D eigenvalue weighted by atomic mass is 9.80. The molecule has 1 atom stereocenters. The van der Waals surface area contributed by atoms with Crippen molar-refractivity contribution < 1.29 is 0 Å². The van der Waals surface area contributed by atoms with Crippen molar-refractivity contribution in [3.05, 3.63) is 12.2 Å². The van der Waals surface area contributed by atoms with Gasteiger partial charge < -0.3 is 5.32 Å². The van der Waals surface area contributed by atoms with Crippen molar-refractivity contribution in [2.75, 3.05) is 7.05 Å². The van der Waals surface area contributed by atoms with E-state index in [1.54, 1.807) is 0 Å². The minimum atomic E-state index is 0.556. The topological polar surface area (TPSA) is 12.0 Å². The highest BCUT2D eigenvalue weighted by atomic mass is 14.9. The summed E-state index contributed by atoms with van der Waals surface area (Å²) in [5.41, 5.74) is 1.28. The quantitative estimate of drug-likeness (QED) is 0.611. The zero-order chi connectivity index (χ0) is 8.27.